The molecule has 170 valence electrons. The molecule has 0 saturated carbocycles. The molecule has 0 aromatic heterocycles. The van der Waals surface area contributed by atoms with Crippen molar-refractivity contribution in [3.05, 3.63) is 99.1 Å². The number of amides is 2. The van der Waals surface area contributed by atoms with E-state index in [1.165, 1.54) is 0 Å². The maximum Gasteiger partial charge on any atom is 0.255 e. The van der Waals surface area contributed by atoms with Gasteiger partial charge >= 0.3 is 0 Å². The van der Waals surface area contributed by atoms with Crippen LogP contribution in [0.5, 0.6) is 5.75 Å². The molecule has 1 N–H and O–H groups in total. The quantitative estimate of drug-likeness (QED) is 0.385. The summed E-state index contributed by atoms with van der Waals surface area (Å²) in [7, 11) is 1.69. The first-order valence-corrected chi connectivity index (χ1v) is 11.5. The third kappa shape index (κ3) is 7.71. The molecule has 3 rings (SSSR count). The second-order valence-electron chi connectivity index (χ2n) is 7.54. The molecular formula is C26H25IN2O4. The molecule has 0 bridgehead atoms. The summed E-state index contributed by atoms with van der Waals surface area (Å²) in [4.78, 5) is 39.0. The summed E-state index contributed by atoms with van der Waals surface area (Å²) in [5.74, 6) is -0.435. The molecule has 0 aliphatic carbocycles. The smallest absolute Gasteiger partial charge is 0.255 e. The molecule has 7 heteroatoms. The second kappa shape index (κ2) is 12.2. The Hall–Kier alpha value is -3.20. The Balaban J connectivity index is 1.52. The minimum absolute atomic E-state index is 0.0934. The number of halogens is 1. The highest BCUT2D eigenvalue weighted by Crippen LogP contribution is 2.18. The van der Waals surface area contributed by atoms with Gasteiger partial charge in [0.05, 0.1) is 12.1 Å². The topological polar surface area (TPSA) is 75.7 Å². The average molecular weight is 556 g/mol. The van der Waals surface area contributed by atoms with Crippen molar-refractivity contribution >= 4 is 40.2 Å². The number of ether oxygens (including phenoxy) is 1. The Morgan fingerprint density at radius 2 is 1.55 bits per heavy atom. The zero-order chi connectivity index (χ0) is 23.6. The Bertz CT molecular complexity index is 1100. The van der Waals surface area contributed by atoms with E-state index in [-0.39, 0.29) is 36.8 Å². The number of para-hydroxylation sites is 1. The predicted octanol–water partition coefficient (Wildman–Crippen LogP) is 3.87. The lowest BCUT2D eigenvalue weighted by molar-refractivity contribution is -0.129. The Morgan fingerprint density at radius 1 is 0.879 bits per heavy atom. The molecule has 3 aromatic carbocycles. The van der Waals surface area contributed by atoms with Crippen molar-refractivity contribution in [2.24, 2.45) is 0 Å². The molecule has 0 radical (unpaired) electrons. The van der Waals surface area contributed by atoms with E-state index in [0.717, 1.165) is 14.7 Å². The summed E-state index contributed by atoms with van der Waals surface area (Å²) in [6.07, 6.45) is 0.257. The molecule has 0 spiro atoms. The van der Waals surface area contributed by atoms with E-state index in [1.807, 2.05) is 54.6 Å². The minimum atomic E-state index is -0.433. The number of hydrogen-bond donors (Lipinski definition) is 1. The van der Waals surface area contributed by atoms with Crippen molar-refractivity contribution in [2.45, 2.75) is 13.0 Å². The van der Waals surface area contributed by atoms with Crippen molar-refractivity contribution in [2.75, 3.05) is 20.2 Å². The first-order chi connectivity index (χ1) is 15.9. The number of ketones is 1. The molecule has 0 atom stereocenters. The van der Waals surface area contributed by atoms with Crippen LogP contribution in [0, 0.1) is 3.57 Å². The lowest BCUT2D eigenvalue weighted by Crippen LogP contribution is -2.38. The highest BCUT2D eigenvalue weighted by molar-refractivity contribution is 14.1. The third-order valence-corrected chi connectivity index (χ3v) is 5.64. The van der Waals surface area contributed by atoms with Crippen molar-refractivity contribution in [3.8, 4) is 5.75 Å². The molecule has 0 aliphatic heterocycles. The molecule has 3 aromatic rings. The summed E-state index contributed by atoms with van der Waals surface area (Å²) >= 11 is 2.21. The van der Waals surface area contributed by atoms with E-state index in [2.05, 4.69) is 27.9 Å². The van der Waals surface area contributed by atoms with Crippen LogP contribution in [0.2, 0.25) is 0 Å². The van der Waals surface area contributed by atoms with Gasteiger partial charge in [0.15, 0.2) is 5.78 Å². The Morgan fingerprint density at radius 3 is 2.27 bits per heavy atom. The Labute approximate surface area is 207 Å². The van der Waals surface area contributed by atoms with Crippen LogP contribution >= 0.6 is 22.6 Å². The van der Waals surface area contributed by atoms with Crippen LogP contribution in [0.15, 0.2) is 78.9 Å². The fraction of sp³-hybridized carbons (Fsp3) is 0.192. The van der Waals surface area contributed by atoms with Crippen LogP contribution in [-0.4, -0.2) is 42.7 Å². The molecule has 0 aliphatic rings. The molecule has 0 saturated heterocycles. The molecule has 0 fully saturated rings. The number of nitrogens with one attached hydrogen (secondary N) is 1. The normalized spacial score (nSPS) is 10.4. The number of carbonyl (C=O) groups is 3. The summed E-state index contributed by atoms with van der Waals surface area (Å²) in [6.45, 7) is 0.176. The monoisotopic (exact) mass is 556 g/mol. The fourth-order valence-corrected chi connectivity index (χ4v) is 3.51. The van der Waals surface area contributed by atoms with Crippen LogP contribution in [-0.2, 0) is 22.6 Å². The van der Waals surface area contributed by atoms with Gasteiger partial charge in [0.25, 0.3) is 5.91 Å². The number of benzene rings is 3. The molecule has 0 heterocycles. The van der Waals surface area contributed by atoms with Gasteiger partial charge in [-0.1, -0.05) is 54.6 Å². The van der Waals surface area contributed by atoms with Crippen molar-refractivity contribution in [1.82, 2.24) is 10.2 Å². The van der Waals surface area contributed by atoms with Crippen LogP contribution in [0.1, 0.15) is 21.5 Å². The Kier molecular flexibility index (Phi) is 9.00. The zero-order valence-electron chi connectivity index (χ0n) is 18.3. The van der Waals surface area contributed by atoms with Crippen molar-refractivity contribution in [3.63, 3.8) is 0 Å². The highest BCUT2D eigenvalue weighted by atomic mass is 127. The van der Waals surface area contributed by atoms with Gasteiger partial charge in [-0.2, -0.15) is 0 Å². The zero-order valence-corrected chi connectivity index (χ0v) is 20.4. The molecular weight excluding hydrogens is 531 g/mol. The largest absolute Gasteiger partial charge is 0.485 e. The maximum absolute atomic E-state index is 12.7. The number of carbonyl (C=O) groups excluding carboxylic acids is 3. The number of rotatable bonds is 10. The number of likely N-dealkylation sites (N-methyl/N-ethyl adjacent to an activating group) is 1. The lowest BCUT2D eigenvalue weighted by atomic mass is 10.1. The van der Waals surface area contributed by atoms with Gasteiger partial charge in [-0.05, 0) is 58.0 Å². The minimum Gasteiger partial charge on any atom is -0.485 e. The fourth-order valence-electron chi connectivity index (χ4n) is 3.15. The van der Waals surface area contributed by atoms with Gasteiger partial charge in [-0.15, -0.1) is 0 Å². The molecule has 33 heavy (non-hydrogen) atoms. The maximum atomic E-state index is 12.7. The second-order valence-corrected chi connectivity index (χ2v) is 8.79. The molecule has 2 amide bonds. The number of Topliss-reactive ketones (excluding diaryl/α,β-unsaturated/α-hetero) is 1. The van der Waals surface area contributed by atoms with E-state index in [1.54, 1.807) is 36.2 Å². The van der Waals surface area contributed by atoms with Crippen LogP contribution in [0.25, 0.3) is 0 Å². The first kappa shape index (κ1) is 24.4. The van der Waals surface area contributed by atoms with E-state index >= 15 is 0 Å². The van der Waals surface area contributed by atoms with Crippen LogP contribution < -0.4 is 10.1 Å². The van der Waals surface area contributed by atoms with Gasteiger partial charge < -0.3 is 15.0 Å². The molecule has 6 nitrogen and oxygen atoms in total. The summed E-state index contributed by atoms with van der Waals surface area (Å²) < 4.78 is 6.74. The van der Waals surface area contributed by atoms with E-state index in [0.29, 0.717) is 12.3 Å². The van der Waals surface area contributed by atoms with Gasteiger partial charge in [0.1, 0.15) is 12.4 Å². The van der Waals surface area contributed by atoms with E-state index in [4.69, 9.17) is 4.74 Å². The first-order valence-electron chi connectivity index (χ1n) is 10.5. The summed E-state index contributed by atoms with van der Waals surface area (Å²) in [5.41, 5.74) is 2.19. The van der Waals surface area contributed by atoms with Crippen LogP contribution in [0.3, 0.4) is 0 Å². The van der Waals surface area contributed by atoms with Gasteiger partial charge in [0, 0.05) is 23.6 Å². The SMILES string of the molecule is CN(Cc1ccccc1)C(=O)CNC(=O)c1ccccc1OCC(=O)Cc1ccc(I)cc1. The van der Waals surface area contributed by atoms with Crippen molar-refractivity contribution in [1.29, 1.82) is 0 Å². The van der Waals surface area contributed by atoms with Crippen molar-refractivity contribution < 1.29 is 19.1 Å². The predicted molar refractivity (Wildman–Crippen MR) is 135 cm³/mol. The summed E-state index contributed by atoms with van der Waals surface area (Å²) in [6, 6.07) is 24.0. The van der Waals surface area contributed by atoms with E-state index in [9.17, 15) is 14.4 Å². The average Bonchev–Trinajstić information content (AvgIpc) is 2.83. The lowest BCUT2D eigenvalue weighted by Gasteiger charge is -2.18. The number of nitrogens with zero attached hydrogens (tertiary/aromatic N) is 1. The van der Waals surface area contributed by atoms with Gasteiger partial charge in [-0.25, -0.2) is 0 Å². The van der Waals surface area contributed by atoms with Crippen LogP contribution in [0.4, 0.5) is 0 Å². The van der Waals surface area contributed by atoms with E-state index < -0.39 is 5.91 Å². The standard InChI is InChI=1S/C26H25IN2O4/c1-29(17-20-7-3-2-4-8-20)25(31)16-28-26(32)23-9-5-6-10-24(23)33-18-22(30)15-19-11-13-21(27)14-12-19/h2-14H,15-18H2,1H3,(H,28,32). The summed E-state index contributed by atoms with van der Waals surface area (Å²) in [5, 5.41) is 2.64. The van der Waals surface area contributed by atoms with Gasteiger partial charge in [-0.3, -0.25) is 14.4 Å². The highest BCUT2D eigenvalue weighted by Gasteiger charge is 2.16. The molecule has 0 unspecified atom stereocenters. The number of hydrogen-bond acceptors (Lipinski definition) is 4. The third-order valence-electron chi connectivity index (χ3n) is 4.92. The van der Waals surface area contributed by atoms with Gasteiger partial charge in [0.2, 0.25) is 5.91 Å².